The Balaban J connectivity index is 1.84. The first kappa shape index (κ1) is 12.0. The molecule has 1 N–H and O–H groups in total. The van der Waals surface area contributed by atoms with E-state index in [-0.39, 0.29) is 0 Å². The summed E-state index contributed by atoms with van der Waals surface area (Å²) in [5.74, 6) is 3.06. The third kappa shape index (κ3) is 1.85. The number of nitrogens with one attached hydrogen (secondary N) is 1. The highest BCUT2D eigenvalue weighted by Crippen LogP contribution is 2.68. The van der Waals surface area contributed by atoms with Gasteiger partial charge in [-0.1, -0.05) is 13.8 Å². The van der Waals surface area contributed by atoms with Crippen molar-refractivity contribution in [1.29, 1.82) is 0 Å². The van der Waals surface area contributed by atoms with Gasteiger partial charge in [0.05, 0.1) is 0 Å². The van der Waals surface area contributed by atoms with Crippen LogP contribution in [0.15, 0.2) is 0 Å². The standard InChI is InChI=1S/C16H29N/c1-12(2)16-9-13-6-14(10-16)8-15(7-13,11-16)4-5-17-3/h12-14,17H,4-11H2,1-3H3. The second kappa shape index (κ2) is 3.98. The monoisotopic (exact) mass is 235 g/mol. The van der Waals surface area contributed by atoms with Crippen LogP contribution in [0.2, 0.25) is 0 Å². The molecule has 4 bridgehead atoms. The molecule has 4 rings (SSSR count). The molecule has 98 valence electrons. The van der Waals surface area contributed by atoms with Gasteiger partial charge in [-0.25, -0.2) is 0 Å². The number of hydrogen-bond donors (Lipinski definition) is 1. The van der Waals surface area contributed by atoms with Gasteiger partial charge < -0.3 is 5.32 Å². The van der Waals surface area contributed by atoms with Gasteiger partial charge in [-0.15, -0.1) is 0 Å². The minimum absolute atomic E-state index is 0.733. The second-order valence-electron chi connectivity index (χ2n) is 7.83. The molecule has 2 atom stereocenters. The molecule has 0 aromatic heterocycles. The molecule has 0 saturated heterocycles. The first-order valence-electron chi connectivity index (χ1n) is 7.72. The van der Waals surface area contributed by atoms with Crippen molar-refractivity contribution in [3.63, 3.8) is 0 Å². The third-order valence-corrected chi connectivity index (χ3v) is 6.36. The van der Waals surface area contributed by atoms with E-state index in [4.69, 9.17) is 0 Å². The van der Waals surface area contributed by atoms with Gasteiger partial charge in [-0.3, -0.25) is 0 Å². The molecule has 0 heterocycles. The van der Waals surface area contributed by atoms with Crippen molar-refractivity contribution in [2.24, 2.45) is 28.6 Å². The van der Waals surface area contributed by atoms with E-state index in [0.717, 1.165) is 28.6 Å². The molecule has 0 aromatic rings. The highest BCUT2D eigenvalue weighted by Gasteiger charge is 2.57. The van der Waals surface area contributed by atoms with Crippen LogP contribution in [-0.2, 0) is 0 Å². The lowest BCUT2D eigenvalue weighted by Gasteiger charge is -2.64. The highest BCUT2D eigenvalue weighted by molar-refractivity contribution is 5.08. The smallest absolute Gasteiger partial charge is 0.00466 e. The van der Waals surface area contributed by atoms with Crippen LogP contribution in [0.4, 0.5) is 0 Å². The molecule has 0 aromatic carbocycles. The Labute approximate surface area is 107 Å². The van der Waals surface area contributed by atoms with Gasteiger partial charge in [-0.05, 0) is 87.1 Å². The molecule has 0 radical (unpaired) electrons. The minimum Gasteiger partial charge on any atom is -0.320 e. The third-order valence-electron chi connectivity index (χ3n) is 6.36. The van der Waals surface area contributed by atoms with Crippen molar-refractivity contribution in [1.82, 2.24) is 5.32 Å². The van der Waals surface area contributed by atoms with E-state index < -0.39 is 0 Å². The molecule has 17 heavy (non-hydrogen) atoms. The Kier molecular flexibility index (Phi) is 2.81. The maximum Gasteiger partial charge on any atom is -0.00466 e. The van der Waals surface area contributed by atoms with Gasteiger partial charge in [0.15, 0.2) is 0 Å². The molecule has 0 spiro atoms. The molecular weight excluding hydrogens is 206 g/mol. The average Bonchev–Trinajstić information content (AvgIpc) is 2.24. The van der Waals surface area contributed by atoms with E-state index in [1.54, 1.807) is 38.5 Å². The predicted octanol–water partition coefficient (Wildman–Crippen LogP) is 3.84. The molecule has 1 nitrogen and oxygen atoms in total. The molecule has 4 aliphatic carbocycles. The summed E-state index contributed by atoms with van der Waals surface area (Å²) in [5, 5.41) is 3.38. The van der Waals surface area contributed by atoms with Crippen molar-refractivity contribution in [2.45, 2.75) is 58.8 Å². The van der Waals surface area contributed by atoms with Crippen LogP contribution < -0.4 is 5.32 Å². The van der Waals surface area contributed by atoms with Crippen LogP contribution in [0.3, 0.4) is 0 Å². The lowest BCUT2D eigenvalue weighted by atomic mass is 9.41. The van der Waals surface area contributed by atoms with Crippen molar-refractivity contribution in [2.75, 3.05) is 13.6 Å². The van der Waals surface area contributed by atoms with Crippen molar-refractivity contribution >= 4 is 0 Å². The fourth-order valence-corrected chi connectivity index (χ4v) is 5.88. The van der Waals surface area contributed by atoms with Crippen LogP contribution in [0.5, 0.6) is 0 Å². The zero-order valence-corrected chi connectivity index (χ0v) is 11.9. The van der Waals surface area contributed by atoms with Crippen molar-refractivity contribution in [3.8, 4) is 0 Å². The zero-order chi connectivity index (χ0) is 12.1. The minimum atomic E-state index is 0.733. The summed E-state index contributed by atoms with van der Waals surface area (Å²) in [7, 11) is 2.11. The van der Waals surface area contributed by atoms with Gasteiger partial charge in [-0.2, -0.15) is 0 Å². The SMILES string of the molecule is CNCCC12CC3CC(C1)CC(C(C)C)(C3)C2. The van der Waals surface area contributed by atoms with E-state index in [1.807, 2.05) is 0 Å². The molecular formula is C16H29N. The Morgan fingerprint density at radius 2 is 1.76 bits per heavy atom. The molecule has 0 amide bonds. The fourth-order valence-electron chi connectivity index (χ4n) is 5.88. The van der Waals surface area contributed by atoms with E-state index >= 15 is 0 Å². The quantitative estimate of drug-likeness (QED) is 0.780. The van der Waals surface area contributed by atoms with Crippen LogP contribution >= 0.6 is 0 Å². The van der Waals surface area contributed by atoms with Crippen LogP contribution in [0.25, 0.3) is 0 Å². The summed E-state index contributed by atoms with van der Waals surface area (Å²) >= 11 is 0. The topological polar surface area (TPSA) is 12.0 Å². The maximum atomic E-state index is 3.38. The Morgan fingerprint density at radius 1 is 1.12 bits per heavy atom. The van der Waals surface area contributed by atoms with E-state index in [0.29, 0.717) is 0 Å². The number of hydrogen-bond acceptors (Lipinski definition) is 1. The van der Waals surface area contributed by atoms with E-state index in [2.05, 4.69) is 26.2 Å². The van der Waals surface area contributed by atoms with Crippen LogP contribution in [0, 0.1) is 28.6 Å². The first-order valence-corrected chi connectivity index (χ1v) is 7.72. The van der Waals surface area contributed by atoms with Gasteiger partial charge in [0.1, 0.15) is 0 Å². The Bertz CT molecular complexity index is 280. The van der Waals surface area contributed by atoms with Gasteiger partial charge >= 0.3 is 0 Å². The molecule has 4 saturated carbocycles. The lowest BCUT2D eigenvalue weighted by Crippen LogP contribution is -2.54. The fraction of sp³-hybridized carbons (Fsp3) is 1.00. The van der Waals surface area contributed by atoms with E-state index in [9.17, 15) is 0 Å². The van der Waals surface area contributed by atoms with Crippen molar-refractivity contribution in [3.05, 3.63) is 0 Å². The summed E-state index contributed by atoms with van der Waals surface area (Å²) in [6.45, 7) is 6.20. The largest absolute Gasteiger partial charge is 0.320 e. The molecule has 2 unspecified atom stereocenters. The van der Waals surface area contributed by atoms with Crippen LogP contribution in [-0.4, -0.2) is 13.6 Å². The second-order valence-corrected chi connectivity index (χ2v) is 7.83. The van der Waals surface area contributed by atoms with E-state index in [1.165, 1.54) is 13.0 Å². The van der Waals surface area contributed by atoms with Crippen molar-refractivity contribution < 1.29 is 0 Å². The summed E-state index contributed by atoms with van der Waals surface area (Å²) in [6, 6.07) is 0. The van der Waals surface area contributed by atoms with Gasteiger partial charge in [0.25, 0.3) is 0 Å². The summed E-state index contributed by atoms with van der Waals surface area (Å²) < 4.78 is 0. The molecule has 1 heteroatoms. The molecule has 4 fully saturated rings. The molecule has 4 aliphatic rings. The van der Waals surface area contributed by atoms with Crippen LogP contribution in [0.1, 0.15) is 58.8 Å². The Hall–Kier alpha value is -0.0400. The molecule has 0 aliphatic heterocycles. The highest BCUT2D eigenvalue weighted by atomic mass is 14.8. The summed E-state index contributed by atoms with van der Waals surface area (Å²) in [6.07, 6.45) is 10.8. The Morgan fingerprint density at radius 3 is 2.29 bits per heavy atom. The summed E-state index contributed by atoms with van der Waals surface area (Å²) in [4.78, 5) is 0. The van der Waals surface area contributed by atoms with Gasteiger partial charge in [0, 0.05) is 0 Å². The predicted molar refractivity (Wildman–Crippen MR) is 72.9 cm³/mol. The zero-order valence-electron chi connectivity index (χ0n) is 11.9. The average molecular weight is 235 g/mol. The number of rotatable bonds is 4. The normalized spacial score (nSPS) is 48.0. The maximum absolute atomic E-state index is 3.38. The summed E-state index contributed by atoms with van der Waals surface area (Å²) in [5.41, 5.74) is 1.47. The van der Waals surface area contributed by atoms with Gasteiger partial charge in [0.2, 0.25) is 0 Å². The first-order chi connectivity index (χ1) is 8.07. The lowest BCUT2D eigenvalue weighted by molar-refractivity contribution is -0.133.